The molecule has 1 aromatic carbocycles. The fourth-order valence-electron chi connectivity index (χ4n) is 3.51. The average Bonchev–Trinajstić information content (AvgIpc) is 3.25. The summed E-state index contributed by atoms with van der Waals surface area (Å²) in [4.78, 5) is 5.59. The van der Waals surface area contributed by atoms with E-state index in [0.29, 0.717) is 32.0 Å². The van der Waals surface area contributed by atoms with Crippen molar-refractivity contribution >= 4 is 29.9 Å². The number of nitrogens with zero attached hydrogens (tertiary/aromatic N) is 2. The lowest BCUT2D eigenvalue weighted by Gasteiger charge is -2.22. The van der Waals surface area contributed by atoms with Crippen LogP contribution in [0.3, 0.4) is 0 Å². The number of nitrogens with one attached hydrogen (secondary N) is 2. The number of hydrogen-bond donors (Lipinski definition) is 2. The summed E-state index contributed by atoms with van der Waals surface area (Å²) in [5.41, 5.74) is 1.09. The Morgan fingerprint density at radius 2 is 1.93 bits per heavy atom. The Kier molecular flexibility index (Phi) is 7.34. The average molecular weight is 500 g/mol. The molecular formula is C18H25F4IN4. The summed E-state index contributed by atoms with van der Waals surface area (Å²) in [6.45, 7) is 0.569. The molecular weight excluding hydrogens is 475 g/mol. The van der Waals surface area contributed by atoms with Gasteiger partial charge in [0.05, 0.1) is 6.54 Å². The zero-order chi connectivity index (χ0) is 18.8. The van der Waals surface area contributed by atoms with Crippen LogP contribution in [0.4, 0.5) is 17.6 Å². The van der Waals surface area contributed by atoms with Crippen molar-refractivity contribution in [1.29, 1.82) is 0 Å². The third-order valence-corrected chi connectivity index (χ3v) is 5.14. The molecule has 3 rings (SSSR count). The van der Waals surface area contributed by atoms with Crippen molar-refractivity contribution < 1.29 is 17.6 Å². The summed E-state index contributed by atoms with van der Waals surface area (Å²) in [7, 11) is 1.65. The second-order valence-corrected chi connectivity index (χ2v) is 7.19. The maximum Gasteiger partial charge on any atom is 0.401 e. The molecule has 2 N–H and O–H groups in total. The number of benzene rings is 1. The summed E-state index contributed by atoms with van der Waals surface area (Å²) in [5.74, 6) is 0.344. The normalized spacial score (nSPS) is 22.3. The molecule has 1 unspecified atom stereocenters. The third-order valence-electron chi connectivity index (χ3n) is 5.14. The van der Waals surface area contributed by atoms with Gasteiger partial charge in [-0.15, -0.1) is 24.0 Å². The molecule has 9 heteroatoms. The number of likely N-dealkylation sites (tertiary alicyclic amines) is 1. The van der Waals surface area contributed by atoms with E-state index in [2.05, 4.69) is 15.6 Å². The van der Waals surface area contributed by atoms with Crippen LogP contribution in [0.2, 0.25) is 0 Å². The smallest absolute Gasteiger partial charge is 0.356 e. The van der Waals surface area contributed by atoms with Gasteiger partial charge in [-0.05, 0) is 37.0 Å². The van der Waals surface area contributed by atoms with Crippen molar-refractivity contribution in [2.45, 2.75) is 36.9 Å². The second kappa shape index (κ2) is 8.93. The SMILES string of the molecule is CN=C(NCC1(c2ccc(F)cc2)CC1)NC1CCN(CC(F)(F)F)C1.I. The van der Waals surface area contributed by atoms with E-state index in [1.807, 2.05) is 12.1 Å². The predicted molar refractivity (Wildman–Crippen MR) is 108 cm³/mol. The first-order valence-electron chi connectivity index (χ1n) is 8.82. The first-order chi connectivity index (χ1) is 12.3. The van der Waals surface area contributed by atoms with Crippen LogP contribution in [0.5, 0.6) is 0 Å². The Labute approximate surface area is 173 Å². The molecule has 0 bridgehead atoms. The Balaban J connectivity index is 0.00000261. The van der Waals surface area contributed by atoms with Gasteiger partial charge in [-0.2, -0.15) is 13.2 Å². The summed E-state index contributed by atoms with van der Waals surface area (Å²) in [6, 6.07) is 6.51. The monoisotopic (exact) mass is 500 g/mol. The first kappa shape index (κ1) is 22.2. The highest BCUT2D eigenvalue weighted by Crippen LogP contribution is 2.47. The summed E-state index contributed by atoms with van der Waals surface area (Å²) < 4.78 is 50.6. The number of guanidine groups is 1. The molecule has 0 radical (unpaired) electrons. The van der Waals surface area contributed by atoms with Gasteiger partial charge in [0.2, 0.25) is 0 Å². The Morgan fingerprint density at radius 1 is 1.26 bits per heavy atom. The Bertz CT molecular complexity index is 644. The molecule has 0 spiro atoms. The third kappa shape index (κ3) is 6.20. The summed E-state index contributed by atoms with van der Waals surface area (Å²) in [6.07, 6.45) is -1.47. The van der Waals surface area contributed by atoms with Gasteiger partial charge in [0.25, 0.3) is 0 Å². The second-order valence-electron chi connectivity index (χ2n) is 7.19. The number of aliphatic imine (C=N–C) groups is 1. The van der Waals surface area contributed by atoms with Crippen LogP contribution in [0.25, 0.3) is 0 Å². The molecule has 1 heterocycles. The van der Waals surface area contributed by atoms with Crippen LogP contribution in [-0.2, 0) is 5.41 Å². The van der Waals surface area contributed by atoms with Crippen LogP contribution in [-0.4, -0.2) is 56.3 Å². The zero-order valence-electron chi connectivity index (χ0n) is 15.2. The van der Waals surface area contributed by atoms with Gasteiger partial charge >= 0.3 is 6.18 Å². The summed E-state index contributed by atoms with van der Waals surface area (Å²) >= 11 is 0. The van der Waals surface area contributed by atoms with Gasteiger partial charge in [0, 0.05) is 38.1 Å². The van der Waals surface area contributed by atoms with Crippen LogP contribution < -0.4 is 10.6 Å². The molecule has 2 fully saturated rings. The van der Waals surface area contributed by atoms with Crippen LogP contribution >= 0.6 is 24.0 Å². The number of halogens is 5. The lowest BCUT2D eigenvalue weighted by Crippen LogP contribution is -2.47. The van der Waals surface area contributed by atoms with Gasteiger partial charge in [0.15, 0.2) is 5.96 Å². The lowest BCUT2D eigenvalue weighted by molar-refractivity contribution is -0.143. The first-order valence-corrected chi connectivity index (χ1v) is 8.82. The summed E-state index contributed by atoms with van der Waals surface area (Å²) in [5, 5.41) is 6.49. The van der Waals surface area contributed by atoms with Crippen molar-refractivity contribution in [2.75, 3.05) is 33.2 Å². The molecule has 1 saturated heterocycles. The molecule has 1 atom stereocenters. The van der Waals surface area contributed by atoms with Crippen molar-refractivity contribution in [3.63, 3.8) is 0 Å². The predicted octanol–water partition coefficient (Wildman–Crippen LogP) is 3.28. The van der Waals surface area contributed by atoms with Crippen LogP contribution in [0.1, 0.15) is 24.8 Å². The molecule has 1 aliphatic heterocycles. The molecule has 0 aromatic heterocycles. The molecule has 27 heavy (non-hydrogen) atoms. The van der Waals surface area contributed by atoms with Crippen LogP contribution in [0.15, 0.2) is 29.3 Å². The Morgan fingerprint density at radius 3 is 2.48 bits per heavy atom. The lowest BCUT2D eigenvalue weighted by atomic mass is 9.96. The number of alkyl halides is 3. The maximum atomic E-state index is 13.1. The zero-order valence-corrected chi connectivity index (χ0v) is 17.5. The minimum Gasteiger partial charge on any atom is -0.356 e. The van der Waals surface area contributed by atoms with E-state index in [-0.39, 0.29) is 41.3 Å². The fraction of sp³-hybridized carbons (Fsp3) is 0.611. The topological polar surface area (TPSA) is 39.7 Å². The minimum absolute atomic E-state index is 0. The van der Waals surface area contributed by atoms with Gasteiger partial charge in [-0.1, -0.05) is 12.1 Å². The molecule has 1 saturated carbocycles. The largest absolute Gasteiger partial charge is 0.401 e. The molecule has 0 amide bonds. The van der Waals surface area contributed by atoms with E-state index in [1.165, 1.54) is 17.0 Å². The molecule has 1 aromatic rings. The molecule has 2 aliphatic rings. The van der Waals surface area contributed by atoms with Crippen molar-refractivity contribution in [3.05, 3.63) is 35.6 Å². The quantitative estimate of drug-likeness (QED) is 0.282. The Hall–Kier alpha value is -1.10. The van der Waals surface area contributed by atoms with Crippen LogP contribution in [0, 0.1) is 5.82 Å². The molecule has 1 aliphatic carbocycles. The van der Waals surface area contributed by atoms with E-state index in [1.54, 1.807) is 7.05 Å². The highest BCUT2D eigenvalue weighted by Gasteiger charge is 2.44. The standard InChI is InChI=1S/C18H24F4N4.HI/c1-23-16(25-15-6-9-26(10-15)12-18(20,21)22)24-11-17(7-8-17)13-2-4-14(19)5-3-13;/h2-5,15H,6-12H2,1H3,(H2,23,24,25);1H. The van der Waals surface area contributed by atoms with E-state index in [4.69, 9.17) is 0 Å². The van der Waals surface area contributed by atoms with E-state index < -0.39 is 12.7 Å². The van der Waals surface area contributed by atoms with Gasteiger partial charge < -0.3 is 10.6 Å². The molecule has 4 nitrogen and oxygen atoms in total. The minimum atomic E-state index is -4.16. The molecule has 152 valence electrons. The van der Waals surface area contributed by atoms with Crippen molar-refractivity contribution in [3.8, 4) is 0 Å². The van der Waals surface area contributed by atoms with Crippen molar-refractivity contribution in [1.82, 2.24) is 15.5 Å². The fourth-order valence-corrected chi connectivity index (χ4v) is 3.51. The van der Waals surface area contributed by atoms with E-state index in [9.17, 15) is 17.6 Å². The van der Waals surface area contributed by atoms with Crippen molar-refractivity contribution in [2.24, 2.45) is 4.99 Å². The highest BCUT2D eigenvalue weighted by molar-refractivity contribution is 14.0. The van der Waals surface area contributed by atoms with Gasteiger partial charge in [-0.25, -0.2) is 4.39 Å². The maximum absolute atomic E-state index is 13.1. The van der Waals surface area contributed by atoms with Gasteiger partial charge in [0.1, 0.15) is 5.82 Å². The van der Waals surface area contributed by atoms with E-state index >= 15 is 0 Å². The van der Waals surface area contributed by atoms with Gasteiger partial charge in [-0.3, -0.25) is 9.89 Å². The van der Waals surface area contributed by atoms with E-state index in [0.717, 1.165) is 18.4 Å². The number of hydrogen-bond acceptors (Lipinski definition) is 2. The number of rotatable bonds is 5. The highest BCUT2D eigenvalue weighted by atomic mass is 127.